The van der Waals surface area contributed by atoms with Crippen molar-refractivity contribution in [2.45, 2.75) is 38.3 Å². The molecule has 0 N–H and O–H groups in total. The minimum absolute atomic E-state index is 0.138. The number of benzene rings is 1. The second kappa shape index (κ2) is 7.00. The maximum Gasteiger partial charge on any atom is 0.254 e. The van der Waals surface area contributed by atoms with Gasteiger partial charge in [-0.1, -0.05) is 12.1 Å². The molecule has 5 nitrogen and oxygen atoms in total. The predicted molar refractivity (Wildman–Crippen MR) is 97.2 cm³/mol. The van der Waals surface area contributed by atoms with E-state index >= 15 is 0 Å². The van der Waals surface area contributed by atoms with Gasteiger partial charge < -0.3 is 4.90 Å². The van der Waals surface area contributed by atoms with E-state index in [2.05, 4.69) is 22.1 Å². The van der Waals surface area contributed by atoms with Gasteiger partial charge in [-0.15, -0.1) is 0 Å². The van der Waals surface area contributed by atoms with E-state index in [1.807, 2.05) is 41.2 Å². The van der Waals surface area contributed by atoms with E-state index in [4.69, 9.17) is 0 Å². The molecular formula is C20H26N4O. The first-order chi connectivity index (χ1) is 12.2. The highest BCUT2D eigenvalue weighted by Crippen LogP contribution is 2.32. The molecule has 4 rings (SSSR count). The normalized spacial score (nSPS) is 21.2. The van der Waals surface area contributed by atoms with Gasteiger partial charge in [0.15, 0.2) is 0 Å². The van der Waals surface area contributed by atoms with E-state index in [9.17, 15) is 4.79 Å². The van der Waals surface area contributed by atoms with Crippen LogP contribution in [0.25, 0.3) is 0 Å². The fourth-order valence-corrected chi connectivity index (χ4v) is 4.09. The van der Waals surface area contributed by atoms with Gasteiger partial charge in [0.2, 0.25) is 0 Å². The van der Waals surface area contributed by atoms with Crippen LogP contribution in [0.1, 0.15) is 53.2 Å². The van der Waals surface area contributed by atoms with Crippen LogP contribution in [0.5, 0.6) is 0 Å². The molecule has 0 bridgehead atoms. The topological polar surface area (TPSA) is 41.4 Å². The molecule has 25 heavy (non-hydrogen) atoms. The highest BCUT2D eigenvalue weighted by atomic mass is 16.2. The van der Waals surface area contributed by atoms with Gasteiger partial charge in [-0.3, -0.25) is 14.4 Å². The van der Waals surface area contributed by atoms with Gasteiger partial charge in [0.1, 0.15) is 0 Å². The van der Waals surface area contributed by atoms with E-state index in [0.29, 0.717) is 0 Å². The Kier molecular flexibility index (Phi) is 4.57. The second-order valence-corrected chi connectivity index (χ2v) is 7.28. The Morgan fingerprint density at radius 3 is 2.56 bits per heavy atom. The predicted octanol–water partition coefficient (Wildman–Crippen LogP) is 2.99. The third-order valence-electron chi connectivity index (χ3n) is 5.43. The fourth-order valence-electron chi connectivity index (χ4n) is 4.09. The van der Waals surface area contributed by atoms with Crippen LogP contribution in [-0.2, 0) is 13.6 Å². The number of hydrogen-bond donors (Lipinski definition) is 0. The number of likely N-dealkylation sites (tertiary alicyclic amines) is 2. The van der Waals surface area contributed by atoms with E-state index < -0.39 is 0 Å². The summed E-state index contributed by atoms with van der Waals surface area (Å²) < 4.78 is 1.81. The number of rotatable bonds is 4. The Morgan fingerprint density at radius 2 is 1.88 bits per heavy atom. The van der Waals surface area contributed by atoms with Crippen LogP contribution in [0.2, 0.25) is 0 Å². The maximum atomic E-state index is 13.0. The molecule has 2 aliphatic heterocycles. The number of aryl methyl sites for hydroxylation is 1. The zero-order valence-electron chi connectivity index (χ0n) is 14.9. The van der Waals surface area contributed by atoms with Gasteiger partial charge >= 0.3 is 0 Å². The minimum Gasteiger partial charge on any atom is -0.331 e. The summed E-state index contributed by atoms with van der Waals surface area (Å²) in [6.07, 6.45) is 8.59. The second-order valence-electron chi connectivity index (χ2n) is 7.28. The lowest BCUT2D eigenvalue weighted by atomic mass is 10.1. The van der Waals surface area contributed by atoms with Crippen LogP contribution < -0.4 is 0 Å². The van der Waals surface area contributed by atoms with Gasteiger partial charge in [0.05, 0.1) is 12.2 Å². The Balaban J connectivity index is 1.46. The molecule has 3 heterocycles. The molecular weight excluding hydrogens is 312 g/mol. The SMILES string of the molecule is Cn1cc([C@H]2CCCN2C(=O)c2ccc(CN3CCCC3)cc2)cn1. The van der Waals surface area contributed by atoms with Crippen molar-refractivity contribution in [3.8, 4) is 0 Å². The summed E-state index contributed by atoms with van der Waals surface area (Å²) in [6, 6.07) is 8.37. The van der Waals surface area contributed by atoms with Gasteiger partial charge in [0, 0.05) is 37.5 Å². The van der Waals surface area contributed by atoms with Crippen molar-refractivity contribution in [1.29, 1.82) is 0 Å². The molecule has 0 radical (unpaired) electrons. The molecule has 1 aromatic carbocycles. The Morgan fingerprint density at radius 1 is 1.12 bits per heavy atom. The smallest absolute Gasteiger partial charge is 0.254 e. The molecule has 0 saturated carbocycles. The van der Waals surface area contributed by atoms with Crippen molar-refractivity contribution >= 4 is 5.91 Å². The van der Waals surface area contributed by atoms with Gasteiger partial charge in [-0.25, -0.2) is 0 Å². The van der Waals surface area contributed by atoms with Gasteiger partial charge in [-0.05, 0) is 56.5 Å². The van der Waals surface area contributed by atoms with E-state index in [1.165, 1.54) is 31.5 Å². The van der Waals surface area contributed by atoms with Crippen LogP contribution >= 0.6 is 0 Å². The lowest BCUT2D eigenvalue weighted by Crippen LogP contribution is -2.30. The Labute approximate surface area is 149 Å². The molecule has 5 heteroatoms. The average molecular weight is 338 g/mol. The third kappa shape index (κ3) is 3.47. The van der Waals surface area contributed by atoms with Crippen LogP contribution in [0.4, 0.5) is 0 Å². The monoisotopic (exact) mass is 338 g/mol. The fraction of sp³-hybridized carbons (Fsp3) is 0.500. The number of amides is 1. The zero-order valence-corrected chi connectivity index (χ0v) is 14.9. The minimum atomic E-state index is 0.138. The number of hydrogen-bond acceptors (Lipinski definition) is 3. The highest BCUT2D eigenvalue weighted by molar-refractivity contribution is 5.94. The first-order valence-electron chi connectivity index (χ1n) is 9.31. The third-order valence-corrected chi connectivity index (χ3v) is 5.43. The summed E-state index contributed by atoms with van der Waals surface area (Å²) in [7, 11) is 1.92. The van der Waals surface area contributed by atoms with Gasteiger partial charge in [-0.2, -0.15) is 5.10 Å². The van der Waals surface area contributed by atoms with Crippen molar-refractivity contribution in [3.63, 3.8) is 0 Å². The van der Waals surface area contributed by atoms with Crippen molar-refractivity contribution in [3.05, 3.63) is 53.3 Å². The number of carbonyl (C=O) groups is 1. The van der Waals surface area contributed by atoms with Crippen LogP contribution in [0, 0.1) is 0 Å². The summed E-state index contributed by atoms with van der Waals surface area (Å²) in [5.41, 5.74) is 3.23. The molecule has 2 saturated heterocycles. The summed E-state index contributed by atoms with van der Waals surface area (Å²) in [5, 5.41) is 4.26. The number of nitrogens with zero attached hydrogens (tertiary/aromatic N) is 4. The maximum absolute atomic E-state index is 13.0. The quantitative estimate of drug-likeness (QED) is 0.860. The molecule has 0 spiro atoms. The molecule has 1 atom stereocenters. The molecule has 0 unspecified atom stereocenters. The standard InChI is InChI=1S/C20H26N4O/c1-22-15-18(13-21-22)19-5-4-12-24(19)20(25)17-8-6-16(7-9-17)14-23-10-2-3-11-23/h6-9,13,15,19H,2-5,10-12,14H2,1H3/t19-/m1/s1. The summed E-state index contributed by atoms with van der Waals surface area (Å²) in [6.45, 7) is 4.22. The summed E-state index contributed by atoms with van der Waals surface area (Å²) >= 11 is 0. The first kappa shape index (κ1) is 16.3. The molecule has 2 aromatic rings. The largest absolute Gasteiger partial charge is 0.331 e. The van der Waals surface area contributed by atoms with E-state index in [-0.39, 0.29) is 11.9 Å². The Bertz CT molecular complexity index is 730. The van der Waals surface area contributed by atoms with Gasteiger partial charge in [0.25, 0.3) is 5.91 Å². The lowest BCUT2D eigenvalue weighted by molar-refractivity contribution is 0.0735. The first-order valence-corrected chi connectivity index (χ1v) is 9.31. The molecule has 2 fully saturated rings. The molecule has 1 amide bonds. The highest BCUT2D eigenvalue weighted by Gasteiger charge is 2.31. The molecule has 132 valence electrons. The summed E-state index contributed by atoms with van der Waals surface area (Å²) in [5.74, 6) is 0.138. The zero-order chi connectivity index (χ0) is 17.2. The van der Waals surface area contributed by atoms with Crippen LogP contribution in [0.15, 0.2) is 36.7 Å². The Hall–Kier alpha value is -2.14. The number of carbonyl (C=O) groups excluding carboxylic acids is 1. The molecule has 1 aromatic heterocycles. The van der Waals surface area contributed by atoms with Crippen LogP contribution in [0.3, 0.4) is 0 Å². The molecule has 2 aliphatic rings. The van der Waals surface area contributed by atoms with Crippen molar-refractivity contribution in [2.75, 3.05) is 19.6 Å². The van der Waals surface area contributed by atoms with Crippen molar-refractivity contribution in [2.24, 2.45) is 7.05 Å². The van der Waals surface area contributed by atoms with Crippen LogP contribution in [-0.4, -0.2) is 45.1 Å². The average Bonchev–Trinajstić information content (AvgIpc) is 3.36. The number of aromatic nitrogens is 2. The lowest BCUT2D eigenvalue weighted by Gasteiger charge is -2.24. The molecule has 0 aliphatic carbocycles. The van der Waals surface area contributed by atoms with E-state index in [1.54, 1.807) is 0 Å². The van der Waals surface area contributed by atoms with E-state index in [0.717, 1.165) is 37.1 Å². The van der Waals surface area contributed by atoms with Crippen molar-refractivity contribution < 1.29 is 4.79 Å². The van der Waals surface area contributed by atoms with Crippen molar-refractivity contribution in [1.82, 2.24) is 19.6 Å². The summed E-state index contributed by atoms with van der Waals surface area (Å²) in [4.78, 5) is 17.5.